The van der Waals surface area contributed by atoms with Gasteiger partial charge in [0.25, 0.3) is 0 Å². The molecule has 0 radical (unpaired) electrons. The van der Waals surface area contributed by atoms with E-state index in [1.807, 2.05) is 0 Å². The van der Waals surface area contributed by atoms with E-state index in [9.17, 15) is 13.2 Å². The number of halogens is 3. The van der Waals surface area contributed by atoms with Crippen molar-refractivity contribution in [3.05, 3.63) is 0 Å². The average molecular weight is 295 g/mol. The van der Waals surface area contributed by atoms with Gasteiger partial charge in [-0.15, -0.1) is 0 Å². The summed E-state index contributed by atoms with van der Waals surface area (Å²) in [5.41, 5.74) is 0. The summed E-state index contributed by atoms with van der Waals surface area (Å²) in [5, 5.41) is 3.50. The van der Waals surface area contributed by atoms with Crippen molar-refractivity contribution in [2.45, 2.75) is 25.1 Å². The van der Waals surface area contributed by atoms with Crippen molar-refractivity contribution in [1.82, 2.24) is 15.1 Å². The molecule has 0 atom stereocenters. The molecule has 2 saturated heterocycles. The molecule has 0 aliphatic carbocycles. The molecular formula is C13H24F3N3O. The predicted octanol–water partition coefficient (Wildman–Crippen LogP) is 0.935. The monoisotopic (exact) mass is 295 g/mol. The first-order chi connectivity index (χ1) is 9.53. The Labute approximate surface area is 118 Å². The lowest BCUT2D eigenvalue weighted by Gasteiger charge is -2.35. The zero-order valence-corrected chi connectivity index (χ0v) is 11.8. The Morgan fingerprint density at radius 3 is 2.20 bits per heavy atom. The van der Waals surface area contributed by atoms with E-state index in [-0.39, 0.29) is 0 Å². The van der Waals surface area contributed by atoms with Gasteiger partial charge in [-0.3, -0.25) is 9.80 Å². The quantitative estimate of drug-likeness (QED) is 0.817. The minimum Gasteiger partial charge on any atom is -0.381 e. The second-order valence-electron chi connectivity index (χ2n) is 5.57. The minimum atomic E-state index is -4.08. The van der Waals surface area contributed by atoms with Crippen LogP contribution in [0.25, 0.3) is 0 Å². The lowest BCUT2D eigenvalue weighted by atomic mass is 10.1. The van der Waals surface area contributed by atoms with Gasteiger partial charge in [0, 0.05) is 58.5 Å². The minimum absolute atomic E-state index is 0.511. The largest absolute Gasteiger partial charge is 0.401 e. The molecule has 0 amide bonds. The van der Waals surface area contributed by atoms with Gasteiger partial charge in [-0.05, 0) is 12.8 Å². The molecule has 0 aromatic heterocycles. The highest BCUT2D eigenvalue weighted by Gasteiger charge is 2.31. The topological polar surface area (TPSA) is 27.7 Å². The molecule has 7 heteroatoms. The molecule has 0 saturated carbocycles. The summed E-state index contributed by atoms with van der Waals surface area (Å²) in [7, 11) is 0. The van der Waals surface area contributed by atoms with E-state index in [0.29, 0.717) is 19.1 Å². The summed E-state index contributed by atoms with van der Waals surface area (Å²) in [5.74, 6) is 0. The van der Waals surface area contributed by atoms with Gasteiger partial charge in [0.15, 0.2) is 0 Å². The molecule has 0 aromatic carbocycles. The van der Waals surface area contributed by atoms with Crippen LogP contribution in [-0.4, -0.2) is 81.0 Å². The summed E-state index contributed by atoms with van der Waals surface area (Å²) in [6.07, 6.45) is -1.97. The Hall–Kier alpha value is -0.370. The third-order valence-electron chi connectivity index (χ3n) is 3.95. The molecule has 2 rings (SSSR count). The van der Waals surface area contributed by atoms with Crippen LogP contribution in [0.3, 0.4) is 0 Å². The maximum absolute atomic E-state index is 12.3. The molecule has 2 heterocycles. The Morgan fingerprint density at radius 1 is 1.00 bits per heavy atom. The first-order valence-corrected chi connectivity index (χ1v) is 7.35. The first kappa shape index (κ1) is 16.0. The van der Waals surface area contributed by atoms with Crippen molar-refractivity contribution in [3.8, 4) is 0 Å². The number of alkyl halides is 3. The first-order valence-electron chi connectivity index (χ1n) is 7.35. The number of nitrogens with one attached hydrogen (secondary N) is 1. The number of nitrogens with zero attached hydrogens (tertiary/aromatic N) is 2. The fourth-order valence-corrected chi connectivity index (χ4v) is 2.75. The summed E-state index contributed by atoms with van der Waals surface area (Å²) >= 11 is 0. The van der Waals surface area contributed by atoms with Gasteiger partial charge in [0.2, 0.25) is 0 Å². The molecule has 0 unspecified atom stereocenters. The lowest BCUT2D eigenvalue weighted by Crippen LogP contribution is -2.51. The maximum atomic E-state index is 12.3. The van der Waals surface area contributed by atoms with Crippen molar-refractivity contribution in [3.63, 3.8) is 0 Å². The van der Waals surface area contributed by atoms with Crippen LogP contribution in [0.5, 0.6) is 0 Å². The van der Waals surface area contributed by atoms with E-state index in [1.165, 1.54) is 4.90 Å². The van der Waals surface area contributed by atoms with Gasteiger partial charge in [-0.25, -0.2) is 0 Å². The average Bonchev–Trinajstić information content (AvgIpc) is 2.40. The van der Waals surface area contributed by atoms with Crippen molar-refractivity contribution in [2.75, 3.05) is 59.0 Å². The normalized spacial score (nSPS) is 24.1. The summed E-state index contributed by atoms with van der Waals surface area (Å²) in [6, 6.07) is 0.537. The van der Waals surface area contributed by atoms with Crippen LogP contribution in [0.4, 0.5) is 13.2 Å². The van der Waals surface area contributed by atoms with E-state index in [1.54, 1.807) is 0 Å². The second-order valence-corrected chi connectivity index (χ2v) is 5.57. The van der Waals surface area contributed by atoms with E-state index >= 15 is 0 Å². The van der Waals surface area contributed by atoms with Crippen LogP contribution < -0.4 is 5.32 Å². The molecule has 4 nitrogen and oxygen atoms in total. The SMILES string of the molecule is FC(F)(F)CN1CCN(CCNC2CCOCC2)CC1. The number of ether oxygens (including phenoxy) is 1. The van der Waals surface area contributed by atoms with Crippen LogP contribution in [0.2, 0.25) is 0 Å². The van der Waals surface area contributed by atoms with E-state index in [0.717, 1.165) is 52.2 Å². The smallest absolute Gasteiger partial charge is 0.381 e. The fraction of sp³-hybridized carbons (Fsp3) is 1.00. The molecule has 118 valence electrons. The summed E-state index contributed by atoms with van der Waals surface area (Å²) < 4.78 is 42.1. The van der Waals surface area contributed by atoms with Gasteiger partial charge >= 0.3 is 6.18 Å². The van der Waals surface area contributed by atoms with Gasteiger partial charge in [0.1, 0.15) is 0 Å². The van der Waals surface area contributed by atoms with E-state index < -0.39 is 12.7 Å². The van der Waals surface area contributed by atoms with Crippen LogP contribution in [0.15, 0.2) is 0 Å². The molecule has 2 fully saturated rings. The van der Waals surface area contributed by atoms with Gasteiger partial charge in [0.05, 0.1) is 6.54 Å². The van der Waals surface area contributed by atoms with Crippen molar-refractivity contribution in [1.29, 1.82) is 0 Å². The van der Waals surface area contributed by atoms with Crippen LogP contribution in [-0.2, 0) is 4.74 Å². The number of rotatable bonds is 5. The molecule has 0 aromatic rings. The summed E-state index contributed by atoms with van der Waals surface area (Å²) in [4.78, 5) is 3.72. The maximum Gasteiger partial charge on any atom is 0.401 e. The highest BCUT2D eigenvalue weighted by atomic mass is 19.4. The van der Waals surface area contributed by atoms with E-state index in [4.69, 9.17) is 4.74 Å². The molecule has 1 N–H and O–H groups in total. The molecule has 0 spiro atoms. The molecule has 2 aliphatic rings. The third kappa shape index (κ3) is 5.95. The van der Waals surface area contributed by atoms with Crippen LogP contribution in [0.1, 0.15) is 12.8 Å². The molecular weight excluding hydrogens is 271 g/mol. The van der Waals surface area contributed by atoms with E-state index in [2.05, 4.69) is 10.2 Å². The molecule has 2 aliphatic heterocycles. The Kier molecular flexibility index (Phi) is 6.07. The molecule has 20 heavy (non-hydrogen) atoms. The fourth-order valence-electron chi connectivity index (χ4n) is 2.75. The standard InChI is InChI=1S/C13H24F3N3O/c14-13(15,16)11-19-7-5-18(6-8-19)4-3-17-12-1-9-20-10-2-12/h12,17H,1-11H2. The van der Waals surface area contributed by atoms with Gasteiger partial charge in [-0.1, -0.05) is 0 Å². The Bertz CT molecular complexity index is 275. The van der Waals surface area contributed by atoms with Gasteiger partial charge in [-0.2, -0.15) is 13.2 Å². The van der Waals surface area contributed by atoms with Crippen molar-refractivity contribution < 1.29 is 17.9 Å². The molecule has 0 bridgehead atoms. The van der Waals surface area contributed by atoms with Gasteiger partial charge < -0.3 is 10.1 Å². The Balaban J connectivity index is 1.55. The zero-order chi connectivity index (χ0) is 14.4. The van der Waals surface area contributed by atoms with Crippen molar-refractivity contribution in [2.24, 2.45) is 0 Å². The van der Waals surface area contributed by atoms with Crippen LogP contribution in [0, 0.1) is 0 Å². The highest BCUT2D eigenvalue weighted by Crippen LogP contribution is 2.17. The zero-order valence-electron chi connectivity index (χ0n) is 11.8. The van der Waals surface area contributed by atoms with Crippen molar-refractivity contribution >= 4 is 0 Å². The Morgan fingerprint density at radius 2 is 1.60 bits per heavy atom. The number of piperazine rings is 1. The highest BCUT2D eigenvalue weighted by molar-refractivity contribution is 4.76. The number of hydrogen-bond acceptors (Lipinski definition) is 4. The third-order valence-corrected chi connectivity index (χ3v) is 3.95. The van der Waals surface area contributed by atoms with Crippen LogP contribution >= 0.6 is 0 Å². The second kappa shape index (κ2) is 7.59. The number of hydrogen-bond donors (Lipinski definition) is 1. The lowest BCUT2D eigenvalue weighted by molar-refractivity contribution is -0.149. The summed E-state index contributed by atoms with van der Waals surface area (Å²) in [6.45, 7) is 5.18. The predicted molar refractivity (Wildman–Crippen MR) is 70.8 cm³/mol.